The third-order valence-corrected chi connectivity index (χ3v) is 2.50. The molecule has 0 saturated heterocycles. The Morgan fingerprint density at radius 3 is 2.63 bits per heavy atom. The van der Waals surface area contributed by atoms with Gasteiger partial charge in [-0.2, -0.15) is 0 Å². The average molecular weight is 268 g/mol. The van der Waals surface area contributed by atoms with Gasteiger partial charge in [0.15, 0.2) is 6.61 Å². The number of aliphatic hydroxyl groups is 1. The summed E-state index contributed by atoms with van der Waals surface area (Å²) in [6.07, 6.45) is -0.927. The number of rotatable bonds is 5. The molecule has 7 heteroatoms. The number of carbonyl (C=O) groups is 1. The lowest BCUT2D eigenvalue weighted by atomic mass is 10.1. The summed E-state index contributed by atoms with van der Waals surface area (Å²) in [6, 6.07) is 3.88. The van der Waals surface area contributed by atoms with Crippen molar-refractivity contribution in [3.8, 4) is 5.75 Å². The van der Waals surface area contributed by atoms with Crippen LogP contribution in [0.2, 0.25) is 0 Å². The van der Waals surface area contributed by atoms with Crippen molar-refractivity contribution >= 4 is 11.6 Å². The predicted molar refractivity (Wildman–Crippen MR) is 67.9 cm³/mol. The zero-order valence-electron chi connectivity index (χ0n) is 11.0. The fraction of sp³-hybridized carbons (Fsp3) is 0.417. The maximum atomic E-state index is 11.4. The van der Waals surface area contributed by atoms with Crippen molar-refractivity contribution in [3.05, 3.63) is 33.9 Å². The Bertz CT molecular complexity index is 485. The van der Waals surface area contributed by atoms with Gasteiger partial charge in [0.2, 0.25) is 0 Å². The predicted octanol–water partition coefficient (Wildman–Crippen LogP) is 1.12. The number of carbonyl (C=O) groups excluding carboxylic acids is 1. The standard InChI is InChI=1S/C12H16N2O5/c1-8(15)10-6-9(14(17)18)4-5-11(10)19-7-12(16)13(2)3/h4-6,8,15H,7H2,1-3H3. The second-order valence-electron chi connectivity index (χ2n) is 4.23. The van der Waals surface area contributed by atoms with Crippen LogP contribution < -0.4 is 4.74 Å². The molecule has 0 saturated carbocycles. The minimum atomic E-state index is -0.927. The number of nitro groups is 1. The van der Waals surface area contributed by atoms with Crippen LogP contribution in [0.25, 0.3) is 0 Å². The molecular weight excluding hydrogens is 252 g/mol. The van der Waals surface area contributed by atoms with Gasteiger partial charge in [0.25, 0.3) is 11.6 Å². The molecule has 1 amide bonds. The molecule has 0 heterocycles. The molecule has 1 atom stereocenters. The van der Waals surface area contributed by atoms with Crippen LogP contribution in [0.3, 0.4) is 0 Å². The first-order valence-corrected chi connectivity index (χ1v) is 5.62. The van der Waals surface area contributed by atoms with Crippen molar-refractivity contribution in [2.45, 2.75) is 13.0 Å². The molecular formula is C12H16N2O5. The highest BCUT2D eigenvalue weighted by Crippen LogP contribution is 2.29. The number of aliphatic hydroxyl groups excluding tert-OH is 1. The van der Waals surface area contributed by atoms with E-state index in [4.69, 9.17) is 4.74 Å². The van der Waals surface area contributed by atoms with Crippen LogP contribution in [0.1, 0.15) is 18.6 Å². The van der Waals surface area contributed by atoms with Gasteiger partial charge in [-0.05, 0) is 13.0 Å². The van der Waals surface area contributed by atoms with Gasteiger partial charge in [0.1, 0.15) is 5.75 Å². The Morgan fingerprint density at radius 1 is 1.53 bits per heavy atom. The fourth-order valence-electron chi connectivity index (χ4n) is 1.38. The van der Waals surface area contributed by atoms with Crippen LogP contribution in [0.15, 0.2) is 18.2 Å². The first-order chi connectivity index (χ1) is 8.82. The minimum Gasteiger partial charge on any atom is -0.483 e. The number of benzene rings is 1. The highest BCUT2D eigenvalue weighted by atomic mass is 16.6. The number of amides is 1. The lowest BCUT2D eigenvalue weighted by Gasteiger charge is -2.15. The fourth-order valence-corrected chi connectivity index (χ4v) is 1.38. The van der Waals surface area contributed by atoms with Crippen LogP contribution in [0, 0.1) is 10.1 Å². The Balaban J connectivity index is 2.94. The number of hydrogen-bond acceptors (Lipinski definition) is 5. The SMILES string of the molecule is CC(O)c1cc([N+](=O)[O-])ccc1OCC(=O)N(C)C. The molecule has 0 radical (unpaired) electrons. The van der Waals surface area contributed by atoms with Gasteiger partial charge in [-0.3, -0.25) is 14.9 Å². The molecule has 0 bridgehead atoms. The highest BCUT2D eigenvalue weighted by Gasteiger charge is 2.16. The van der Waals surface area contributed by atoms with Crippen molar-refractivity contribution in [1.29, 1.82) is 0 Å². The topological polar surface area (TPSA) is 92.9 Å². The largest absolute Gasteiger partial charge is 0.483 e. The van der Waals surface area contributed by atoms with Gasteiger partial charge in [-0.15, -0.1) is 0 Å². The maximum Gasteiger partial charge on any atom is 0.270 e. The Hall–Kier alpha value is -2.15. The number of nitrogens with zero attached hydrogens (tertiary/aromatic N) is 2. The number of non-ortho nitro benzene ring substituents is 1. The van der Waals surface area contributed by atoms with Crippen LogP contribution in [-0.4, -0.2) is 41.5 Å². The summed E-state index contributed by atoms with van der Waals surface area (Å²) in [6.45, 7) is 1.28. The lowest BCUT2D eigenvalue weighted by Crippen LogP contribution is -2.27. The van der Waals surface area contributed by atoms with Crippen molar-refractivity contribution in [1.82, 2.24) is 4.90 Å². The summed E-state index contributed by atoms with van der Waals surface area (Å²) in [5.41, 5.74) is 0.142. The molecule has 0 aliphatic heterocycles. The van der Waals surface area contributed by atoms with E-state index in [0.717, 1.165) is 0 Å². The summed E-state index contributed by atoms with van der Waals surface area (Å²) < 4.78 is 5.28. The molecule has 1 aromatic carbocycles. The molecule has 19 heavy (non-hydrogen) atoms. The lowest BCUT2D eigenvalue weighted by molar-refractivity contribution is -0.385. The van der Waals surface area contributed by atoms with Crippen LogP contribution in [0.5, 0.6) is 5.75 Å². The molecule has 104 valence electrons. The van der Waals surface area contributed by atoms with E-state index in [-0.39, 0.29) is 29.5 Å². The summed E-state index contributed by atoms with van der Waals surface area (Å²) in [7, 11) is 3.19. The summed E-state index contributed by atoms with van der Waals surface area (Å²) in [5, 5.41) is 20.3. The van der Waals surface area contributed by atoms with E-state index in [9.17, 15) is 20.0 Å². The Labute approximate surface area is 110 Å². The van der Waals surface area contributed by atoms with E-state index in [2.05, 4.69) is 0 Å². The molecule has 7 nitrogen and oxygen atoms in total. The highest BCUT2D eigenvalue weighted by molar-refractivity contribution is 5.77. The van der Waals surface area contributed by atoms with Gasteiger partial charge >= 0.3 is 0 Å². The first-order valence-electron chi connectivity index (χ1n) is 5.62. The molecule has 1 unspecified atom stereocenters. The summed E-state index contributed by atoms with van der Waals surface area (Å²) in [5.74, 6) is 0.0192. The van der Waals surface area contributed by atoms with E-state index < -0.39 is 11.0 Å². The minimum absolute atomic E-state index is 0.137. The number of ether oxygens (including phenoxy) is 1. The zero-order chi connectivity index (χ0) is 14.6. The van der Waals surface area contributed by atoms with Gasteiger partial charge in [0, 0.05) is 31.8 Å². The normalized spacial score (nSPS) is 11.8. The van der Waals surface area contributed by atoms with Gasteiger partial charge in [-0.25, -0.2) is 0 Å². The van der Waals surface area contributed by atoms with E-state index in [1.54, 1.807) is 14.1 Å². The molecule has 0 aromatic heterocycles. The molecule has 0 aliphatic carbocycles. The van der Waals surface area contributed by atoms with E-state index >= 15 is 0 Å². The number of likely N-dealkylation sites (N-methyl/N-ethyl adjacent to an activating group) is 1. The Kier molecular flexibility index (Phi) is 4.82. The first kappa shape index (κ1) is 14.9. The van der Waals surface area contributed by atoms with Crippen molar-refractivity contribution in [2.24, 2.45) is 0 Å². The van der Waals surface area contributed by atoms with E-state index in [1.165, 1.54) is 30.0 Å². The van der Waals surface area contributed by atoms with Gasteiger partial charge < -0.3 is 14.7 Å². The summed E-state index contributed by atoms with van der Waals surface area (Å²) >= 11 is 0. The quantitative estimate of drug-likeness (QED) is 0.638. The van der Waals surface area contributed by atoms with Gasteiger partial charge in [-0.1, -0.05) is 0 Å². The van der Waals surface area contributed by atoms with E-state index in [1.807, 2.05) is 0 Å². The van der Waals surface area contributed by atoms with Crippen LogP contribution in [-0.2, 0) is 4.79 Å². The summed E-state index contributed by atoms with van der Waals surface area (Å²) in [4.78, 5) is 22.9. The number of hydrogen-bond donors (Lipinski definition) is 1. The van der Waals surface area contributed by atoms with Gasteiger partial charge in [0.05, 0.1) is 11.0 Å². The maximum absolute atomic E-state index is 11.4. The zero-order valence-corrected chi connectivity index (χ0v) is 11.0. The number of nitro benzene ring substituents is 1. The molecule has 0 spiro atoms. The van der Waals surface area contributed by atoms with Crippen molar-refractivity contribution in [3.63, 3.8) is 0 Å². The molecule has 1 aromatic rings. The molecule has 0 aliphatic rings. The van der Waals surface area contributed by atoms with Crippen LogP contribution >= 0.6 is 0 Å². The third-order valence-electron chi connectivity index (χ3n) is 2.50. The van der Waals surface area contributed by atoms with Crippen LogP contribution in [0.4, 0.5) is 5.69 Å². The second-order valence-corrected chi connectivity index (χ2v) is 4.23. The van der Waals surface area contributed by atoms with Crippen molar-refractivity contribution in [2.75, 3.05) is 20.7 Å². The smallest absolute Gasteiger partial charge is 0.270 e. The van der Waals surface area contributed by atoms with E-state index in [0.29, 0.717) is 0 Å². The second kappa shape index (κ2) is 6.14. The van der Waals surface area contributed by atoms with Crippen molar-refractivity contribution < 1.29 is 19.6 Å². The molecule has 1 rings (SSSR count). The monoisotopic (exact) mass is 268 g/mol. The average Bonchev–Trinajstić information content (AvgIpc) is 2.35. The molecule has 1 N–H and O–H groups in total. The third kappa shape index (κ3) is 3.92. The molecule has 0 fully saturated rings. The Morgan fingerprint density at radius 2 is 2.16 bits per heavy atom.